The average molecular weight is 259 g/mol. The Morgan fingerprint density at radius 2 is 1.89 bits per heavy atom. The van der Waals surface area contributed by atoms with Gasteiger partial charge in [-0.05, 0) is 25.1 Å². The van der Waals surface area contributed by atoms with Crippen LogP contribution in [0.4, 0.5) is 5.69 Å². The lowest BCUT2D eigenvalue weighted by molar-refractivity contribution is 0.0602. The molecule has 0 aliphatic rings. The molecule has 98 valence electrons. The number of benzene rings is 1. The third kappa shape index (κ3) is 2.65. The Balaban J connectivity index is 2.27. The third-order valence-electron chi connectivity index (χ3n) is 2.68. The van der Waals surface area contributed by atoms with Gasteiger partial charge in [-0.15, -0.1) is 0 Å². The first-order chi connectivity index (χ1) is 9.13. The number of hydrogen-bond donors (Lipinski definition) is 1. The maximum atomic E-state index is 12.0. The predicted octanol–water partition coefficient (Wildman–Crippen LogP) is 2.63. The Morgan fingerprint density at radius 1 is 1.16 bits per heavy atom. The van der Waals surface area contributed by atoms with Gasteiger partial charge in [0.15, 0.2) is 0 Å². The van der Waals surface area contributed by atoms with Crippen molar-refractivity contribution in [2.24, 2.45) is 0 Å². The van der Waals surface area contributed by atoms with Gasteiger partial charge >= 0.3 is 5.97 Å². The number of amides is 1. The Labute approximate surface area is 110 Å². The minimum absolute atomic E-state index is 0.305. The number of hydrogen-bond acceptors (Lipinski definition) is 4. The van der Waals surface area contributed by atoms with Crippen molar-refractivity contribution in [1.29, 1.82) is 0 Å². The molecule has 2 rings (SSSR count). The number of carbonyl (C=O) groups excluding carboxylic acids is 2. The molecule has 0 radical (unpaired) electrons. The summed E-state index contributed by atoms with van der Waals surface area (Å²) in [7, 11) is 1.29. The van der Waals surface area contributed by atoms with Crippen LogP contribution >= 0.6 is 0 Å². The largest absolute Gasteiger partial charge is 0.469 e. The van der Waals surface area contributed by atoms with E-state index in [9.17, 15) is 9.59 Å². The van der Waals surface area contributed by atoms with Crippen molar-refractivity contribution in [3.8, 4) is 0 Å². The SMILES string of the molecule is COC(=O)c1ccccc1NC(=O)c1ccoc1C. The second kappa shape index (κ2) is 5.39. The molecule has 0 spiro atoms. The number of para-hydroxylation sites is 1. The summed E-state index contributed by atoms with van der Waals surface area (Å²) in [6.07, 6.45) is 1.44. The van der Waals surface area contributed by atoms with Crippen molar-refractivity contribution in [3.05, 3.63) is 53.5 Å². The molecule has 1 aromatic heterocycles. The third-order valence-corrected chi connectivity index (χ3v) is 2.68. The number of aryl methyl sites for hydroxylation is 1. The van der Waals surface area contributed by atoms with Crippen molar-refractivity contribution < 1.29 is 18.7 Å². The molecular weight excluding hydrogens is 246 g/mol. The number of ether oxygens (including phenoxy) is 1. The Morgan fingerprint density at radius 3 is 2.53 bits per heavy atom. The zero-order valence-electron chi connectivity index (χ0n) is 10.6. The van der Waals surface area contributed by atoms with E-state index in [0.29, 0.717) is 22.6 Å². The van der Waals surface area contributed by atoms with Gasteiger partial charge in [-0.2, -0.15) is 0 Å². The van der Waals surface area contributed by atoms with Gasteiger partial charge in [0, 0.05) is 0 Å². The first-order valence-electron chi connectivity index (χ1n) is 5.66. The molecular formula is C14H13NO4. The van der Waals surface area contributed by atoms with E-state index in [1.165, 1.54) is 13.4 Å². The minimum Gasteiger partial charge on any atom is -0.469 e. The number of methoxy groups -OCH3 is 1. The van der Waals surface area contributed by atoms with Crippen molar-refractivity contribution in [3.63, 3.8) is 0 Å². The molecule has 0 aliphatic heterocycles. The number of furan rings is 1. The molecule has 0 aliphatic carbocycles. The molecule has 19 heavy (non-hydrogen) atoms. The van der Waals surface area contributed by atoms with Gasteiger partial charge in [0.2, 0.25) is 0 Å². The van der Waals surface area contributed by atoms with E-state index >= 15 is 0 Å². The molecule has 2 aromatic rings. The number of anilines is 1. The first-order valence-corrected chi connectivity index (χ1v) is 5.66. The standard InChI is InChI=1S/C14H13NO4/c1-9-10(7-8-19-9)13(16)15-12-6-4-3-5-11(12)14(17)18-2/h3-8H,1-2H3,(H,15,16). The lowest BCUT2D eigenvalue weighted by Gasteiger charge is -2.08. The van der Waals surface area contributed by atoms with Gasteiger partial charge in [-0.1, -0.05) is 12.1 Å². The van der Waals surface area contributed by atoms with Gasteiger partial charge in [0.05, 0.1) is 30.2 Å². The van der Waals surface area contributed by atoms with Crippen LogP contribution in [-0.4, -0.2) is 19.0 Å². The maximum absolute atomic E-state index is 12.0. The van der Waals surface area contributed by atoms with Crippen LogP contribution in [0.25, 0.3) is 0 Å². The molecule has 0 saturated heterocycles. The lowest BCUT2D eigenvalue weighted by atomic mass is 10.1. The van der Waals surface area contributed by atoms with Crippen LogP contribution in [0.2, 0.25) is 0 Å². The van der Waals surface area contributed by atoms with Crippen molar-refractivity contribution >= 4 is 17.6 Å². The van der Waals surface area contributed by atoms with Crippen LogP contribution < -0.4 is 5.32 Å². The van der Waals surface area contributed by atoms with Crippen LogP contribution in [0.5, 0.6) is 0 Å². The highest BCUT2D eigenvalue weighted by Crippen LogP contribution is 2.18. The number of nitrogens with one attached hydrogen (secondary N) is 1. The highest BCUT2D eigenvalue weighted by molar-refractivity contribution is 6.08. The molecule has 0 atom stereocenters. The molecule has 0 saturated carbocycles. The highest BCUT2D eigenvalue weighted by atomic mass is 16.5. The fraction of sp³-hybridized carbons (Fsp3) is 0.143. The summed E-state index contributed by atoms with van der Waals surface area (Å²) < 4.78 is 9.73. The monoisotopic (exact) mass is 259 g/mol. The second-order valence-corrected chi connectivity index (χ2v) is 3.88. The maximum Gasteiger partial charge on any atom is 0.339 e. The lowest BCUT2D eigenvalue weighted by Crippen LogP contribution is -2.15. The van der Waals surface area contributed by atoms with Gasteiger partial charge in [-0.3, -0.25) is 4.79 Å². The normalized spacial score (nSPS) is 10.0. The molecule has 5 heteroatoms. The van der Waals surface area contributed by atoms with E-state index in [0.717, 1.165) is 0 Å². The highest BCUT2D eigenvalue weighted by Gasteiger charge is 2.16. The van der Waals surface area contributed by atoms with E-state index in [2.05, 4.69) is 10.1 Å². The number of carbonyl (C=O) groups is 2. The molecule has 0 bridgehead atoms. The molecule has 0 unspecified atom stereocenters. The van der Waals surface area contributed by atoms with Gasteiger partial charge in [-0.25, -0.2) is 4.79 Å². The summed E-state index contributed by atoms with van der Waals surface area (Å²) in [5, 5.41) is 2.67. The Hall–Kier alpha value is -2.56. The van der Waals surface area contributed by atoms with Crippen LogP contribution in [0.1, 0.15) is 26.5 Å². The molecule has 1 heterocycles. The second-order valence-electron chi connectivity index (χ2n) is 3.88. The smallest absolute Gasteiger partial charge is 0.339 e. The van der Waals surface area contributed by atoms with E-state index in [4.69, 9.17) is 4.42 Å². The fourth-order valence-corrected chi connectivity index (χ4v) is 1.69. The van der Waals surface area contributed by atoms with Crippen LogP contribution in [-0.2, 0) is 4.74 Å². The topological polar surface area (TPSA) is 68.5 Å². The average Bonchev–Trinajstić information content (AvgIpc) is 2.85. The predicted molar refractivity (Wildman–Crippen MR) is 69.2 cm³/mol. The summed E-state index contributed by atoms with van der Waals surface area (Å²) in [5.74, 6) is -0.310. The molecule has 0 fully saturated rings. The quantitative estimate of drug-likeness (QED) is 0.860. The zero-order valence-corrected chi connectivity index (χ0v) is 10.6. The van der Waals surface area contributed by atoms with E-state index in [1.807, 2.05) is 0 Å². The molecule has 1 amide bonds. The summed E-state index contributed by atoms with van der Waals surface area (Å²) in [4.78, 5) is 23.6. The summed E-state index contributed by atoms with van der Waals surface area (Å²) in [6, 6.07) is 8.23. The Bertz CT molecular complexity index is 615. The van der Waals surface area contributed by atoms with E-state index in [-0.39, 0.29) is 5.91 Å². The summed E-state index contributed by atoms with van der Waals surface area (Å²) in [5.41, 5.74) is 1.14. The zero-order chi connectivity index (χ0) is 13.8. The van der Waals surface area contributed by atoms with E-state index < -0.39 is 5.97 Å². The van der Waals surface area contributed by atoms with Crippen LogP contribution in [0.3, 0.4) is 0 Å². The van der Waals surface area contributed by atoms with Gasteiger partial charge in [0.25, 0.3) is 5.91 Å². The first kappa shape index (κ1) is 12.9. The molecule has 1 N–H and O–H groups in total. The van der Waals surface area contributed by atoms with Crippen LogP contribution in [0, 0.1) is 6.92 Å². The molecule has 1 aromatic carbocycles. The fourth-order valence-electron chi connectivity index (χ4n) is 1.69. The Kier molecular flexibility index (Phi) is 3.66. The summed E-state index contributed by atoms with van der Waals surface area (Å²) in [6.45, 7) is 1.70. The number of esters is 1. The van der Waals surface area contributed by atoms with Crippen LogP contribution in [0.15, 0.2) is 41.0 Å². The van der Waals surface area contributed by atoms with Gasteiger partial charge in [0.1, 0.15) is 5.76 Å². The van der Waals surface area contributed by atoms with Crippen molar-refractivity contribution in [2.75, 3.05) is 12.4 Å². The van der Waals surface area contributed by atoms with Crippen molar-refractivity contribution in [2.45, 2.75) is 6.92 Å². The summed E-state index contributed by atoms with van der Waals surface area (Å²) >= 11 is 0. The van der Waals surface area contributed by atoms with E-state index in [1.54, 1.807) is 37.3 Å². The number of rotatable bonds is 3. The minimum atomic E-state index is -0.500. The van der Waals surface area contributed by atoms with Crippen molar-refractivity contribution in [1.82, 2.24) is 0 Å². The van der Waals surface area contributed by atoms with Gasteiger partial charge < -0.3 is 14.5 Å². The molecule has 5 nitrogen and oxygen atoms in total.